The summed E-state index contributed by atoms with van der Waals surface area (Å²) < 4.78 is 21.5. The fourth-order valence-corrected chi connectivity index (χ4v) is 4.56. The van der Waals surface area contributed by atoms with Gasteiger partial charge in [-0.1, -0.05) is 18.2 Å². The smallest absolute Gasteiger partial charge is 0.338 e. The van der Waals surface area contributed by atoms with Gasteiger partial charge in [0.25, 0.3) is 0 Å². The Morgan fingerprint density at radius 1 is 1.03 bits per heavy atom. The van der Waals surface area contributed by atoms with Gasteiger partial charge in [-0.15, -0.1) is 0 Å². The molecular formula is C24H30N2O5. The van der Waals surface area contributed by atoms with Crippen molar-refractivity contribution in [3.63, 3.8) is 0 Å². The molecule has 2 aliphatic heterocycles. The van der Waals surface area contributed by atoms with Crippen LogP contribution < -0.4 is 19.1 Å². The molecule has 0 aromatic heterocycles. The molecule has 1 atom stereocenters. The van der Waals surface area contributed by atoms with E-state index in [0.29, 0.717) is 35.5 Å². The average molecular weight is 427 g/mol. The zero-order valence-electron chi connectivity index (χ0n) is 18.4. The molecule has 2 heterocycles. The number of ether oxygens (including phenoxy) is 4. The lowest BCUT2D eigenvalue weighted by Crippen LogP contribution is -2.55. The third-order valence-corrected chi connectivity index (χ3v) is 6.16. The summed E-state index contributed by atoms with van der Waals surface area (Å²) in [6.45, 7) is 4.03. The second kappa shape index (κ2) is 9.47. The number of carbonyl (C=O) groups excluding carboxylic acids is 1. The van der Waals surface area contributed by atoms with Crippen LogP contribution in [0.3, 0.4) is 0 Å². The molecule has 0 amide bonds. The van der Waals surface area contributed by atoms with Crippen LogP contribution in [-0.2, 0) is 11.2 Å². The monoisotopic (exact) mass is 426 g/mol. The molecule has 0 N–H and O–H groups in total. The number of nitrogens with zero attached hydrogens (tertiary/aromatic N) is 2. The number of carbonyl (C=O) groups is 1. The second-order valence-electron chi connectivity index (χ2n) is 7.87. The van der Waals surface area contributed by atoms with E-state index in [9.17, 15) is 4.79 Å². The normalized spacial score (nSPS) is 18.0. The number of hydrogen-bond acceptors (Lipinski definition) is 7. The molecule has 1 saturated heterocycles. The minimum absolute atomic E-state index is 0.346. The van der Waals surface area contributed by atoms with Gasteiger partial charge in [-0.05, 0) is 36.6 Å². The molecular weight excluding hydrogens is 396 g/mol. The zero-order chi connectivity index (χ0) is 21.8. The minimum atomic E-state index is -0.399. The van der Waals surface area contributed by atoms with Crippen LogP contribution in [-0.4, -0.2) is 71.0 Å². The van der Waals surface area contributed by atoms with Crippen molar-refractivity contribution in [1.29, 1.82) is 0 Å². The van der Waals surface area contributed by atoms with E-state index in [0.717, 1.165) is 32.6 Å². The van der Waals surface area contributed by atoms with Crippen molar-refractivity contribution < 1.29 is 23.7 Å². The Morgan fingerprint density at radius 3 is 2.48 bits per heavy atom. The Balaban J connectivity index is 1.32. The highest BCUT2D eigenvalue weighted by Gasteiger charge is 2.31. The highest BCUT2D eigenvalue weighted by Crippen LogP contribution is 2.38. The van der Waals surface area contributed by atoms with E-state index < -0.39 is 5.97 Å². The van der Waals surface area contributed by atoms with Gasteiger partial charge in [-0.2, -0.15) is 0 Å². The highest BCUT2D eigenvalue weighted by molar-refractivity contribution is 5.91. The van der Waals surface area contributed by atoms with Crippen LogP contribution >= 0.6 is 0 Å². The van der Waals surface area contributed by atoms with Crippen LogP contribution in [0.25, 0.3) is 0 Å². The first-order chi connectivity index (χ1) is 15.1. The van der Waals surface area contributed by atoms with E-state index in [1.54, 1.807) is 12.1 Å². The van der Waals surface area contributed by atoms with Crippen molar-refractivity contribution >= 4 is 11.7 Å². The van der Waals surface area contributed by atoms with Crippen molar-refractivity contribution in [1.82, 2.24) is 4.90 Å². The molecule has 2 aromatic carbocycles. The van der Waals surface area contributed by atoms with Crippen molar-refractivity contribution in [2.45, 2.75) is 18.9 Å². The number of para-hydroxylation sites is 1. The van der Waals surface area contributed by atoms with Crippen LogP contribution in [0.4, 0.5) is 5.69 Å². The molecule has 166 valence electrons. The van der Waals surface area contributed by atoms with Crippen molar-refractivity contribution in [2.75, 3.05) is 59.0 Å². The molecule has 0 radical (unpaired) electrons. The van der Waals surface area contributed by atoms with E-state index in [1.165, 1.54) is 39.0 Å². The average Bonchev–Trinajstić information content (AvgIpc) is 2.82. The van der Waals surface area contributed by atoms with Gasteiger partial charge >= 0.3 is 5.97 Å². The van der Waals surface area contributed by atoms with Crippen molar-refractivity contribution in [3.05, 3.63) is 47.5 Å². The highest BCUT2D eigenvalue weighted by atomic mass is 16.5. The molecule has 2 aromatic rings. The maximum Gasteiger partial charge on any atom is 0.338 e. The molecule has 2 aliphatic rings. The lowest BCUT2D eigenvalue weighted by atomic mass is 9.94. The summed E-state index contributed by atoms with van der Waals surface area (Å²) in [7, 11) is 4.58. The zero-order valence-corrected chi connectivity index (χ0v) is 18.4. The van der Waals surface area contributed by atoms with E-state index in [1.807, 2.05) is 0 Å². The number of benzene rings is 2. The van der Waals surface area contributed by atoms with E-state index >= 15 is 0 Å². The Hall–Kier alpha value is -2.93. The minimum Gasteiger partial charge on any atom is -0.493 e. The predicted octanol–water partition coefficient (Wildman–Crippen LogP) is 3.01. The molecule has 1 unspecified atom stereocenters. The lowest BCUT2D eigenvalue weighted by molar-refractivity contribution is 0.0449. The summed E-state index contributed by atoms with van der Waals surface area (Å²) in [5, 5.41) is 0. The van der Waals surface area contributed by atoms with Gasteiger partial charge in [-0.25, -0.2) is 4.79 Å². The van der Waals surface area contributed by atoms with Crippen LogP contribution in [0.2, 0.25) is 0 Å². The summed E-state index contributed by atoms with van der Waals surface area (Å²) in [6.07, 6.45) is 2.29. The first-order valence-corrected chi connectivity index (χ1v) is 10.7. The number of methoxy groups -OCH3 is 3. The summed E-state index contributed by atoms with van der Waals surface area (Å²) in [6, 6.07) is 12.5. The van der Waals surface area contributed by atoms with E-state index in [-0.39, 0.29) is 0 Å². The van der Waals surface area contributed by atoms with E-state index in [2.05, 4.69) is 34.1 Å². The van der Waals surface area contributed by atoms with Crippen molar-refractivity contribution in [2.24, 2.45) is 0 Å². The van der Waals surface area contributed by atoms with Crippen LogP contribution in [0.5, 0.6) is 17.2 Å². The van der Waals surface area contributed by atoms with Crippen LogP contribution in [0.15, 0.2) is 36.4 Å². The summed E-state index contributed by atoms with van der Waals surface area (Å²) in [5.41, 5.74) is 3.21. The Kier molecular flexibility index (Phi) is 6.51. The van der Waals surface area contributed by atoms with Crippen LogP contribution in [0.1, 0.15) is 22.3 Å². The molecule has 31 heavy (non-hydrogen) atoms. The van der Waals surface area contributed by atoms with Crippen LogP contribution in [0, 0.1) is 0 Å². The molecule has 0 bridgehead atoms. The number of esters is 1. The summed E-state index contributed by atoms with van der Waals surface area (Å²) in [5.74, 6) is 0.919. The number of hydrogen-bond donors (Lipinski definition) is 0. The summed E-state index contributed by atoms with van der Waals surface area (Å²) in [4.78, 5) is 17.5. The standard InChI is InChI=1S/C24H30N2O5/c1-28-21-14-18(15-22(29-2)23(21)30-3)24(27)31-13-12-25-10-11-26-19(16-25)9-8-17-6-4-5-7-20(17)26/h4-7,14-15,19H,8-13,16H2,1-3H3. The number of piperazine rings is 1. The molecule has 4 rings (SSSR count). The largest absolute Gasteiger partial charge is 0.493 e. The summed E-state index contributed by atoms with van der Waals surface area (Å²) >= 11 is 0. The second-order valence-corrected chi connectivity index (χ2v) is 7.87. The van der Waals surface area contributed by atoms with Gasteiger partial charge in [0.05, 0.1) is 26.9 Å². The number of rotatable bonds is 7. The SMILES string of the molecule is COc1cc(C(=O)OCCN2CCN3c4ccccc4CCC3C2)cc(OC)c1OC. The topological polar surface area (TPSA) is 60.5 Å². The van der Waals surface area contributed by atoms with Gasteiger partial charge in [0.1, 0.15) is 6.61 Å². The Morgan fingerprint density at radius 2 is 1.77 bits per heavy atom. The third kappa shape index (κ3) is 4.42. The van der Waals surface area contributed by atoms with E-state index in [4.69, 9.17) is 18.9 Å². The van der Waals surface area contributed by atoms with Gasteiger partial charge in [-0.3, -0.25) is 4.90 Å². The Labute approximate surface area is 183 Å². The number of fused-ring (bicyclic) bond motifs is 3. The molecule has 7 heteroatoms. The maximum absolute atomic E-state index is 12.6. The molecule has 0 aliphatic carbocycles. The number of aryl methyl sites for hydroxylation is 1. The van der Waals surface area contributed by atoms with Crippen molar-refractivity contribution in [3.8, 4) is 17.2 Å². The molecule has 1 fully saturated rings. The van der Waals surface area contributed by atoms with Gasteiger partial charge in [0.2, 0.25) is 5.75 Å². The molecule has 0 saturated carbocycles. The van der Waals surface area contributed by atoms with Gasteiger partial charge in [0, 0.05) is 37.9 Å². The lowest BCUT2D eigenvalue weighted by Gasteiger charge is -2.46. The first-order valence-electron chi connectivity index (χ1n) is 10.7. The number of anilines is 1. The maximum atomic E-state index is 12.6. The molecule has 0 spiro atoms. The molecule has 7 nitrogen and oxygen atoms in total. The first kappa shape index (κ1) is 21.3. The Bertz CT molecular complexity index is 907. The third-order valence-electron chi connectivity index (χ3n) is 6.16. The quantitative estimate of drug-likeness (QED) is 0.631. The predicted molar refractivity (Wildman–Crippen MR) is 119 cm³/mol. The van der Waals surface area contributed by atoms with Gasteiger partial charge < -0.3 is 23.8 Å². The van der Waals surface area contributed by atoms with Gasteiger partial charge in [0.15, 0.2) is 11.5 Å². The fraction of sp³-hybridized carbons (Fsp3) is 0.458. The fourth-order valence-electron chi connectivity index (χ4n) is 4.56.